The second-order valence-corrected chi connectivity index (χ2v) is 6.07. The largest absolute Gasteiger partial charge is 0.453 e. The van der Waals surface area contributed by atoms with E-state index in [1.807, 2.05) is 30.3 Å². The van der Waals surface area contributed by atoms with Crippen molar-refractivity contribution in [1.82, 2.24) is 0 Å². The first-order chi connectivity index (χ1) is 12.0. The smallest absolute Gasteiger partial charge is 0.411 e. The quantitative estimate of drug-likeness (QED) is 0.880. The highest BCUT2D eigenvalue weighted by atomic mass is 19.1. The number of carbonyl (C=O) groups is 2. The van der Waals surface area contributed by atoms with E-state index in [9.17, 15) is 14.0 Å². The van der Waals surface area contributed by atoms with Gasteiger partial charge in [-0.2, -0.15) is 0 Å². The van der Waals surface area contributed by atoms with Crippen molar-refractivity contribution in [2.45, 2.75) is 24.7 Å². The third kappa shape index (κ3) is 3.33. The summed E-state index contributed by atoms with van der Waals surface area (Å²) in [5, 5.41) is 5.13. The van der Waals surface area contributed by atoms with Crippen molar-refractivity contribution in [3.05, 3.63) is 59.9 Å². The molecule has 1 saturated carbocycles. The van der Waals surface area contributed by atoms with Gasteiger partial charge in [0.25, 0.3) is 0 Å². The van der Waals surface area contributed by atoms with Crippen molar-refractivity contribution in [3.8, 4) is 0 Å². The molecule has 2 amide bonds. The molecule has 1 aliphatic rings. The molecule has 0 heterocycles. The summed E-state index contributed by atoms with van der Waals surface area (Å²) in [4.78, 5) is 24.2. The van der Waals surface area contributed by atoms with Crippen LogP contribution in [0.25, 0.3) is 0 Å². The van der Waals surface area contributed by atoms with Crippen molar-refractivity contribution in [2.75, 3.05) is 17.7 Å². The molecule has 0 atom stereocenters. The summed E-state index contributed by atoms with van der Waals surface area (Å²) in [7, 11) is 1.19. The molecule has 0 radical (unpaired) electrons. The summed E-state index contributed by atoms with van der Waals surface area (Å²) in [6.45, 7) is 0. The third-order valence-corrected chi connectivity index (χ3v) is 4.61. The molecular formula is C19H19FN2O3. The van der Waals surface area contributed by atoms with Crippen molar-refractivity contribution in [2.24, 2.45) is 0 Å². The molecule has 2 aromatic rings. The molecule has 2 aromatic carbocycles. The number of ether oxygens (including phenoxy) is 1. The normalized spacial score (nSPS) is 15.0. The van der Waals surface area contributed by atoms with Crippen LogP contribution in [0, 0.1) is 5.82 Å². The lowest BCUT2D eigenvalue weighted by molar-refractivity contribution is -0.124. The Hall–Kier alpha value is -2.89. The molecule has 0 saturated heterocycles. The molecule has 1 aliphatic carbocycles. The number of carbonyl (C=O) groups excluding carboxylic acids is 2. The van der Waals surface area contributed by atoms with Gasteiger partial charge in [-0.15, -0.1) is 0 Å². The summed E-state index contributed by atoms with van der Waals surface area (Å²) in [5.74, 6) is -0.731. The minimum Gasteiger partial charge on any atom is -0.453 e. The van der Waals surface area contributed by atoms with E-state index < -0.39 is 17.3 Å². The maximum absolute atomic E-state index is 13.8. The molecule has 130 valence electrons. The molecule has 1 fully saturated rings. The number of halogens is 1. The average Bonchev–Trinajstić information content (AvgIpc) is 2.57. The molecule has 6 heteroatoms. The fourth-order valence-electron chi connectivity index (χ4n) is 3.04. The highest BCUT2D eigenvalue weighted by Gasteiger charge is 2.45. The number of amides is 2. The van der Waals surface area contributed by atoms with E-state index in [1.165, 1.54) is 25.3 Å². The van der Waals surface area contributed by atoms with E-state index in [-0.39, 0.29) is 11.6 Å². The lowest BCUT2D eigenvalue weighted by Gasteiger charge is -2.40. The van der Waals surface area contributed by atoms with Crippen molar-refractivity contribution >= 4 is 23.4 Å². The van der Waals surface area contributed by atoms with Crippen molar-refractivity contribution in [3.63, 3.8) is 0 Å². The third-order valence-electron chi connectivity index (χ3n) is 4.61. The molecule has 5 nitrogen and oxygen atoms in total. The Balaban J connectivity index is 1.81. The van der Waals surface area contributed by atoms with Crippen LogP contribution in [0.5, 0.6) is 0 Å². The van der Waals surface area contributed by atoms with Crippen LogP contribution in [0.1, 0.15) is 24.8 Å². The molecule has 25 heavy (non-hydrogen) atoms. The number of nitrogens with one attached hydrogen (secondary N) is 2. The van der Waals surface area contributed by atoms with E-state index in [0.29, 0.717) is 5.69 Å². The van der Waals surface area contributed by atoms with Gasteiger partial charge in [0.15, 0.2) is 0 Å². The van der Waals surface area contributed by atoms with E-state index in [4.69, 9.17) is 0 Å². The van der Waals surface area contributed by atoms with E-state index in [0.717, 1.165) is 24.8 Å². The number of methoxy groups -OCH3 is 1. The molecule has 0 aromatic heterocycles. The van der Waals surface area contributed by atoms with Gasteiger partial charge >= 0.3 is 6.09 Å². The summed E-state index contributed by atoms with van der Waals surface area (Å²) in [5.41, 5.74) is 0.798. The lowest BCUT2D eigenvalue weighted by Crippen LogP contribution is -2.46. The van der Waals surface area contributed by atoms with Crippen LogP contribution in [-0.4, -0.2) is 19.1 Å². The average molecular weight is 342 g/mol. The van der Waals surface area contributed by atoms with E-state index in [1.54, 1.807) is 0 Å². The summed E-state index contributed by atoms with van der Waals surface area (Å²) in [6, 6.07) is 13.7. The topological polar surface area (TPSA) is 67.4 Å². The number of rotatable bonds is 4. The van der Waals surface area contributed by atoms with Gasteiger partial charge < -0.3 is 10.1 Å². The van der Waals surface area contributed by atoms with Gasteiger partial charge in [0, 0.05) is 5.69 Å². The van der Waals surface area contributed by atoms with E-state index in [2.05, 4.69) is 15.4 Å². The van der Waals surface area contributed by atoms with Crippen LogP contribution in [0.2, 0.25) is 0 Å². The second-order valence-electron chi connectivity index (χ2n) is 6.07. The van der Waals surface area contributed by atoms with Crippen LogP contribution in [0.15, 0.2) is 48.5 Å². The Bertz CT molecular complexity index is 789. The monoisotopic (exact) mass is 342 g/mol. The number of anilines is 2. The minimum atomic E-state index is -0.776. The summed E-state index contributed by atoms with van der Waals surface area (Å²) in [6.07, 6.45) is 1.76. The Morgan fingerprint density at radius 3 is 2.40 bits per heavy atom. The summed E-state index contributed by atoms with van der Waals surface area (Å²) >= 11 is 0. The number of hydrogen-bond donors (Lipinski definition) is 2. The van der Waals surface area contributed by atoms with Crippen LogP contribution in [0.4, 0.5) is 20.6 Å². The maximum atomic E-state index is 13.8. The van der Waals surface area contributed by atoms with Crippen LogP contribution in [0.3, 0.4) is 0 Å². The Morgan fingerprint density at radius 1 is 1.08 bits per heavy atom. The molecular weight excluding hydrogens is 323 g/mol. The number of hydrogen-bond acceptors (Lipinski definition) is 3. The SMILES string of the molecule is COC(=O)Nc1cc(NC(=O)C2(c3ccccc3)CCC2)ccc1F. The fraction of sp³-hybridized carbons (Fsp3) is 0.263. The highest BCUT2D eigenvalue weighted by molar-refractivity contribution is 6.00. The molecule has 0 bridgehead atoms. The standard InChI is InChI=1S/C19H19FN2O3/c1-25-18(24)22-16-12-14(8-9-15(16)20)21-17(23)19(10-5-11-19)13-6-3-2-4-7-13/h2-4,6-9,12H,5,10-11H2,1H3,(H,21,23)(H,22,24). The van der Waals surface area contributed by atoms with Gasteiger partial charge in [0.05, 0.1) is 18.2 Å². The van der Waals surface area contributed by atoms with Crippen molar-refractivity contribution < 1.29 is 18.7 Å². The van der Waals surface area contributed by atoms with Gasteiger partial charge in [-0.05, 0) is 36.6 Å². The molecule has 2 N–H and O–H groups in total. The fourth-order valence-corrected chi connectivity index (χ4v) is 3.04. The zero-order chi connectivity index (χ0) is 17.9. The first-order valence-corrected chi connectivity index (χ1v) is 8.07. The van der Waals surface area contributed by atoms with Gasteiger partial charge in [0.1, 0.15) is 5.82 Å². The lowest BCUT2D eigenvalue weighted by atomic mass is 9.64. The van der Waals surface area contributed by atoms with Gasteiger partial charge in [-0.25, -0.2) is 9.18 Å². The Morgan fingerprint density at radius 2 is 1.80 bits per heavy atom. The van der Waals surface area contributed by atoms with Crippen LogP contribution in [-0.2, 0) is 14.9 Å². The van der Waals surface area contributed by atoms with Gasteiger partial charge in [0.2, 0.25) is 5.91 Å². The van der Waals surface area contributed by atoms with Gasteiger partial charge in [-0.1, -0.05) is 36.8 Å². The zero-order valence-electron chi connectivity index (χ0n) is 13.8. The predicted molar refractivity (Wildman–Crippen MR) is 93.0 cm³/mol. The van der Waals surface area contributed by atoms with Crippen LogP contribution >= 0.6 is 0 Å². The molecule has 0 unspecified atom stereocenters. The predicted octanol–water partition coefficient (Wildman–Crippen LogP) is 4.06. The minimum absolute atomic E-state index is 0.0491. The van der Waals surface area contributed by atoms with Crippen molar-refractivity contribution in [1.29, 1.82) is 0 Å². The zero-order valence-corrected chi connectivity index (χ0v) is 13.8. The van der Waals surface area contributed by atoms with Gasteiger partial charge in [-0.3, -0.25) is 10.1 Å². The summed E-state index contributed by atoms with van der Waals surface area (Å²) < 4.78 is 18.3. The van der Waals surface area contributed by atoms with Crippen LogP contribution < -0.4 is 10.6 Å². The Kier molecular flexibility index (Phi) is 4.70. The maximum Gasteiger partial charge on any atom is 0.411 e. The number of benzene rings is 2. The second kappa shape index (κ2) is 6.93. The molecule has 0 spiro atoms. The first kappa shape index (κ1) is 17.0. The van der Waals surface area contributed by atoms with E-state index >= 15 is 0 Å². The molecule has 3 rings (SSSR count). The highest BCUT2D eigenvalue weighted by Crippen LogP contribution is 2.44. The first-order valence-electron chi connectivity index (χ1n) is 8.07. The Labute approximate surface area is 145 Å². The molecule has 0 aliphatic heterocycles.